The van der Waals surface area contributed by atoms with E-state index in [-0.39, 0.29) is 5.56 Å². The molecule has 22 heavy (non-hydrogen) atoms. The number of hydrogen-bond acceptors (Lipinski definition) is 4. The fraction of sp³-hybridized carbons (Fsp3) is 0.0625. The predicted molar refractivity (Wildman–Crippen MR) is 84.1 cm³/mol. The molecule has 0 bridgehead atoms. The summed E-state index contributed by atoms with van der Waals surface area (Å²) in [5.41, 5.74) is 2.05. The molecule has 5 nitrogen and oxygen atoms in total. The summed E-state index contributed by atoms with van der Waals surface area (Å²) in [6, 6.07) is 11.7. The summed E-state index contributed by atoms with van der Waals surface area (Å²) in [6.45, 7) is 0. The van der Waals surface area contributed by atoms with E-state index in [1.165, 1.54) is 7.11 Å². The molecule has 0 saturated carbocycles. The summed E-state index contributed by atoms with van der Waals surface area (Å²) >= 11 is 5.84. The van der Waals surface area contributed by atoms with Crippen LogP contribution in [-0.2, 0) is 4.74 Å². The molecule has 0 radical (unpaired) electrons. The van der Waals surface area contributed by atoms with Crippen molar-refractivity contribution in [3.63, 3.8) is 0 Å². The van der Waals surface area contributed by atoms with Gasteiger partial charge >= 0.3 is 5.97 Å². The van der Waals surface area contributed by atoms with E-state index in [1.54, 1.807) is 42.5 Å². The van der Waals surface area contributed by atoms with Gasteiger partial charge in [-0.25, -0.2) is 9.78 Å². The van der Waals surface area contributed by atoms with E-state index in [0.717, 1.165) is 0 Å². The van der Waals surface area contributed by atoms with Crippen LogP contribution in [0.1, 0.15) is 10.4 Å². The standard InChI is InChI=1S/C16H11ClN2O3/c1-22-16(21)10-4-7-12-13(8-10)19-15(20)14(18-12)9-2-5-11(17)6-3-9/h2-8H,1H3,(H,19,20). The number of methoxy groups -OCH3 is 1. The van der Waals surface area contributed by atoms with Crippen molar-refractivity contribution in [3.8, 4) is 11.3 Å². The van der Waals surface area contributed by atoms with Gasteiger partial charge in [0, 0.05) is 10.6 Å². The van der Waals surface area contributed by atoms with Gasteiger partial charge in [0.05, 0.1) is 23.7 Å². The van der Waals surface area contributed by atoms with Gasteiger partial charge in [-0.2, -0.15) is 0 Å². The Balaban J connectivity index is 2.15. The lowest BCUT2D eigenvalue weighted by Gasteiger charge is -2.05. The highest BCUT2D eigenvalue weighted by atomic mass is 35.5. The van der Waals surface area contributed by atoms with Crippen molar-refractivity contribution in [2.45, 2.75) is 0 Å². The molecule has 3 rings (SSSR count). The number of halogens is 1. The lowest BCUT2D eigenvalue weighted by molar-refractivity contribution is 0.0601. The van der Waals surface area contributed by atoms with Crippen LogP contribution in [0.5, 0.6) is 0 Å². The smallest absolute Gasteiger partial charge is 0.337 e. The Labute approximate surface area is 130 Å². The molecule has 0 saturated heterocycles. The molecule has 0 amide bonds. The SMILES string of the molecule is COC(=O)c1ccc2nc(-c3ccc(Cl)cc3)c(=O)[nH]c2c1. The zero-order valence-electron chi connectivity index (χ0n) is 11.6. The number of H-pyrrole nitrogens is 1. The van der Waals surface area contributed by atoms with Gasteiger partial charge in [-0.1, -0.05) is 23.7 Å². The maximum atomic E-state index is 12.2. The highest BCUT2D eigenvalue weighted by molar-refractivity contribution is 6.30. The van der Waals surface area contributed by atoms with Crippen LogP contribution in [0, 0.1) is 0 Å². The summed E-state index contributed by atoms with van der Waals surface area (Å²) in [7, 11) is 1.30. The van der Waals surface area contributed by atoms with Gasteiger partial charge in [0.2, 0.25) is 0 Å². The minimum atomic E-state index is -0.468. The molecule has 0 aliphatic carbocycles. The first-order valence-corrected chi connectivity index (χ1v) is 6.84. The van der Waals surface area contributed by atoms with Crippen molar-refractivity contribution in [1.29, 1.82) is 0 Å². The maximum absolute atomic E-state index is 12.2. The lowest BCUT2D eigenvalue weighted by Crippen LogP contribution is -2.12. The number of hydrogen-bond donors (Lipinski definition) is 1. The Morgan fingerprint density at radius 3 is 2.59 bits per heavy atom. The summed E-state index contributed by atoms with van der Waals surface area (Å²) in [5, 5.41) is 0.587. The number of nitrogens with one attached hydrogen (secondary N) is 1. The first-order chi connectivity index (χ1) is 10.6. The van der Waals surface area contributed by atoms with E-state index < -0.39 is 5.97 Å². The van der Waals surface area contributed by atoms with Gasteiger partial charge < -0.3 is 9.72 Å². The van der Waals surface area contributed by atoms with Crippen LogP contribution in [-0.4, -0.2) is 23.0 Å². The van der Waals surface area contributed by atoms with Gasteiger partial charge in [-0.15, -0.1) is 0 Å². The van der Waals surface area contributed by atoms with Gasteiger partial charge in [0.15, 0.2) is 0 Å². The van der Waals surface area contributed by atoms with E-state index in [4.69, 9.17) is 11.6 Å². The average molecular weight is 315 g/mol. The second-order valence-electron chi connectivity index (χ2n) is 4.64. The Bertz CT molecular complexity index is 917. The van der Waals surface area contributed by atoms with E-state index in [0.29, 0.717) is 32.9 Å². The number of rotatable bonds is 2. The monoisotopic (exact) mass is 314 g/mol. The van der Waals surface area contributed by atoms with Gasteiger partial charge in [0.1, 0.15) is 5.69 Å². The van der Waals surface area contributed by atoms with Gasteiger partial charge in [-0.3, -0.25) is 4.79 Å². The first-order valence-electron chi connectivity index (χ1n) is 6.47. The molecule has 6 heteroatoms. The normalized spacial score (nSPS) is 10.6. The van der Waals surface area contributed by atoms with Crippen molar-refractivity contribution in [1.82, 2.24) is 9.97 Å². The number of esters is 1. The van der Waals surface area contributed by atoms with Crippen LogP contribution in [0.2, 0.25) is 5.02 Å². The predicted octanol–water partition coefficient (Wildman–Crippen LogP) is 3.03. The Hall–Kier alpha value is -2.66. The molecule has 110 valence electrons. The van der Waals surface area contributed by atoms with Crippen LogP contribution in [0.4, 0.5) is 0 Å². The zero-order valence-corrected chi connectivity index (χ0v) is 12.3. The fourth-order valence-electron chi connectivity index (χ4n) is 2.13. The number of aromatic amines is 1. The highest BCUT2D eigenvalue weighted by Gasteiger charge is 2.10. The molecule has 2 aromatic carbocycles. The van der Waals surface area contributed by atoms with Crippen LogP contribution < -0.4 is 5.56 Å². The number of carbonyl (C=O) groups excluding carboxylic acids is 1. The first kappa shape index (κ1) is 14.3. The lowest BCUT2D eigenvalue weighted by atomic mass is 10.1. The molecule has 1 aromatic heterocycles. The summed E-state index contributed by atoms with van der Waals surface area (Å²) in [5.74, 6) is -0.468. The number of carbonyl (C=O) groups is 1. The third-order valence-electron chi connectivity index (χ3n) is 3.23. The molecule has 0 unspecified atom stereocenters. The summed E-state index contributed by atoms with van der Waals surface area (Å²) in [4.78, 5) is 30.8. The van der Waals surface area contributed by atoms with Crippen molar-refractivity contribution >= 4 is 28.6 Å². The Morgan fingerprint density at radius 2 is 1.91 bits per heavy atom. The number of benzene rings is 2. The molecule has 1 N–H and O–H groups in total. The number of aromatic nitrogens is 2. The largest absolute Gasteiger partial charge is 0.465 e. The van der Waals surface area contributed by atoms with Crippen LogP contribution >= 0.6 is 11.6 Å². The summed E-state index contributed by atoms with van der Waals surface area (Å²) in [6.07, 6.45) is 0. The van der Waals surface area contributed by atoms with Gasteiger partial charge in [-0.05, 0) is 30.3 Å². The minimum absolute atomic E-state index is 0.301. The molecule has 0 aliphatic heterocycles. The molecule has 0 atom stereocenters. The quantitative estimate of drug-likeness (QED) is 0.738. The summed E-state index contributed by atoms with van der Waals surface area (Å²) < 4.78 is 4.66. The van der Waals surface area contributed by atoms with Crippen LogP contribution in [0.3, 0.4) is 0 Å². The molecular formula is C16H11ClN2O3. The van der Waals surface area contributed by atoms with Crippen LogP contribution in [0.25, 0.3) is 22.3 Å². The van der Waals surface area contributed by atoms with E-state index in [9.17, 15) is 9.59 Å². The molecular weight excluding hydrogens is 304 g/mol. The van der Waals surface area contributed by atoms with E-state index >= 15 is 0 Å². The van der Waals surface area contributed by atoms with Crippen LogP contribution in [0.15, 0.2) is 47.3 Å². The number of nitrogens with zero attached hydrogens (tertiary/aromatic N) is 1. The molecule has 1 heterocycles. The minimum Gasteiger partial charge on any atom is -0.465 e. The van der Waals surface area contributed by atoms with Crippen molar-refractivity contribution in [2.24, 2.45) is 0 Å². The van der Waals surface area contributed by atoms with E-state index in [2.05, 4.69) is 14.7 Å². The molecule has 3 aromatic rings. The zero-order chi connectivity index (χ0) is 15.7. The molecule has 0 aliphatic rings. The van der Waals surface area contributed by atoms with Gasteiger partial charge in [0.25, 0.3) is 5.56 Å². The third kappa shape index (κ3) is 2.58. The Morgan fingerprint density at radius 1 is 1.18 bits per heavy atom. The molecule has 0 spiro atoms. The van der Waals surface area contributed by atoms with E-state index in [1.807, 2.05) is 0 Å². The Kier molecular flexibility index (Phi) is 3.65. The van der Waals surface area contributed by atoms with Crippen molar-refractivity contribution in [2.75, 3.05) is 7.11 Å². The number of ether oxygens (including phenoxy) is 1. The maximum Gasteiger partial charge on any atom is 0.337 e. The highest BCUT2D eigenvalue weighted by Crippen LogP contribution is 2.19. The molecule has 0 fully saturated rings. The fourth-order valence-corrected chi connectivity index (χ4v) is 2.26. The van der Waals surface area contributed by atoms with Crippen molar-refractivity contribution < 1.29 is 9.53 Å². The number of fused-ring (bicyclic) bond motifs is 1. The second kappa shape index (κ2) is 5.61. The average Bonchev–Trinajstić information content (AvgIpc) is 2.54. The second-order valence-corrected chi connectivity index (χ2v) is 5.08. The van der Waals surface area contributed by atoms with Crippen molar-refractivity contribution in [3.05, 3.63) is 63.4 Å². The third-order valence-corrected chi connectivity index (χ3v) is 3.48. The topological polar surface area (TPSA) is 72.0 Å².